The molecule has 0 aromatic carbocycles. The highest BCUT2D eigenvalue weighted by Gasteiger charge is 2.31. The number of ketones is 1. The zero-order chi connectivity index (χ0) is 7.73. The zero-order valence-electron chi connectivity index (χ0n) is 6.25. The molecular weight excluding hydrogens is 140 g/mol. The molecule has 1 aliphatic heterocycles. The summed E-state index contributed by atoms with van der Waals surface area (Å²) in [5.41, 5.74) is -0.228. The van der Waals surface area contributed by atoms with Crippen LogP contribution in [0.2, 0.25) is 0 Å². The Kier molecular flexibility index (Phi) is 1.43. The van der Waals surface area contributed by atoms with Gasteiger partial charge >= 0.3 is 0 Å². The molecule has 1 fully saturated rings. The summed E-state index contributed by atoms with van der Waals surface area (Å²) in [6, 6.07) is 0. The second-order valence-corrected chi connectivity index (χ2v) is 2.98. The lowest BCUT2D eigenvalue weighted by atomic mass is 9.95. The molecule has 11 heavy (non-hydrogen) atoms. The van der Waals surface area contributed by atoms with Crippen LogP contribution >= 0.6 is 0 Å². The second kappa shape index (κ2) is 2.31. The predicted molar refractivity (Wildman–Crippen MR) is 41.2 cm³/mol. The average Bonchev–Trinajstić information content (AvgIpc) is 2.45. The van der Waals surface area contributed by atoms with Gasteiger partial charge in [0.2, 0.25) is 0 Å². The normalized spacial score (nSPS) is 26.7. The van der Waals surface area contributed by atoms with Crippen molar-refractivity contribution in [2.45, 2.75) is 18.4 Å². The standard InChI is InChI=1S/C9H10O2/c10-8-2-5-9(6-3-8)4-1-7-11-9/h2-3,5-6H,1,4,7H2. The first-order chi connectivity index (χ1) is 5.31. The number of allylic oxidation sites excluding steroid dienone is 2. The fraction of sp³-hybridized carbons (Fsp3) is 0.444. The molecule has 58 valence electrons. The fourth-order valence-electron chi connectivity index (χ4n) is 1.50. The van der Waals surface area contributed by atoms with E-state index < -0.39 is 0 Å². The number of carbonyl (C=O) groups is 1. The summed E-state index contributed by atoms with van der Waals surface area (Å²) in [5, 5.41) is 0. The Balaban J connectivity index is 2.22. The van der Waals surface area contributed by atoms with Crippen LogP contribution in [0.3, 0.4) is 0 Å². The lowest BCUT2D eigenvalue weighted by molar-refractivity contribution is -0.110. The molecule has 0 saturated carbocycles. The minimum atomic E-state index is -0.228. The summed E-state index contributed by atoms with van der Waals surface area (Å²) in [5.74, 6) is 0.0612. The number of carbonyl (C=O) groups excluding carboxylic acids is 1. The molecule has 0 amide bonds. The molecule has 1 aliphatic carbocycles. The number of rotatable bonds is 0. The maximum absolute atomic E-state index is 10.8. The summed E-state index contributed by atoms with van der Waals surface area (Å²) >= 11 is 0. The number of hydrogen-bond donors (Lipinski definition) is 0. The summed E-state index contributed by atoms with van der Waals surface area (Å²) < 4.78 is 5.50. The van der Waals surface area contributed by atoms with Gasteiger partial charge in [-0.2, -0.15) is 0 Å². The topological polar surface area (TPSA) is 26.3 Å². The zero-order valence-corrected chi connectivity index (χ0v) is 6.25. The van der Waals surface area contributed by atoms with Crippen molar-refractivity contribution < 1.29 is 9.53 Å². The van der Waals surface area contributed by atoms with E-state index in [-0.39, 0.29) is 11.4 Å². The smallest absolute Gasteiger partial charge is 0.178 e. The van der Waals surface area contributed by atoms with Gasteiger partial charge in [-0.3, -0.25) is 4.79 Å². The molecule has 0 unspecified atom stereocenters. The minimum Gasteiger partial charge on any atom is -0.367 e. The number of ether oxygens (including phenoxy) is 1. The lowest BCUT2D eigenvalue weighted by Crippen LogP contribution is -2.24. The van der Waals surface area contributed by atoms with Gasteiger partial charge in [-0.15, -0.1) is 0 Å². The monoisotopic (exact) mass is 150 g/mol. The highest BCUT2D eigenvalue weighted by atomic mass is 16.5. The molecule has 0 bridgehead atoms. The van der Waals surface area contributed by atoms with Crippen molar-refractivity contribution in [1.82, 2.24) is 0 Å². The third kappa shape index (κ3) is 1.14. The van der Waals surface area contributed by atoms with Crippen LogP contribution in [-0.2, 0) is 9.53 Å². The van der Waals surface area contributed by atoms with E-state index in [2.05, 4.69) is 0 Å². The predicted octanol–water partition coefficient (Wildman–Crippen LogP) is 1.23. The molecule has 2 nitrogen and oxygen atoms in total. The molecule has 0 aromatic heterocycles. The van der Waals surface area contributed by atoms with E-state index in [9.17, 15) is 4.79 Å². The van der Waals surface area contributed by atoms with Crippen LogP contribution in [0, 0.1) is 0 Å². The SMILES string of the molecule is O=C1C=CC2(C=C1)CCCO2. The molecule has 1 spiro atoms. The molecule has 0 aromatic rings. The van der Waals surface area contributed by atoms with Crippen LogP contribution < -0.4 is 0 Å². The molecule has 0 radical (unpaired) electrons. The number of hydrogen-bond acceptors (Lipinski definition) is 2. The van der Waals surface area contributed by atoms with Gasteiger partial charge in [0.25, 0.3) is 0 Å². The quantitative estimate of drug-likeness (QED) is 0.519. The van der Waals surface area contributed by atoms with Gasteiger partial charge in [-0.1, -0.05) is 0 Å². The van der Waals surface area contributed by atoms with Gasteiger partial charge in [0.05, 0.1) is 0 Å². The molecular formula is C9H10O2. The van der Waals surface area contributed by atoms with Crippen LogP contribution in [0.5, 0.6) is 0 Å². The second-order valence-electron chi connectivity index (χ2n) is 2.98. The first-order valence-corrected chi connectivity index (χ1v) is 3.87. The van der Waals surface area contributed by atoms with Crippen LogP contribution in [0.1, 0.15) is 12.8 Å². The maximum Gasteiger partial charge on any atom is 0.178 e. The van der Waals surface area contributed by atoms with Crippen LogP contribution in [-0.4, -0.2) is 18.0 Å². The van der Waals surface area contributed by atoms with Crippen molar-refractivity contribution in [2.24, 2.45) is 0 Å². The Morgan fingerprint density at radius 3 is 2.64 bits per heavy atom. The Morgan fingerprint density at radius 1 is 1.36 bits per heavy atom. The Morgan fingerprint density at radius 2 is 2.09 bits per heavy atom. The molecule has 0 atom stereocenters. The van der Waals surface area contributed by atoms with E-state index in [1.54, 1.807) is 12.2 Å². The Bertz CT molecular complexity index is 214. The van der Waals surface area contributed by atoms with E-state index in [4.69, 9.17) is 4.74 Å². The largest absolute Gasteiger partial charge is 0.367 e. The molecule has 2 aliphatic rings. The molecule has 1 saturated heterocycles. The maximum atomic E-state index is 10.8. The van der Waals surface area contributed by atoms with E-state index in [1.165, 1.54) is 0 Å². The van der Waals surface area contributed by atoms with Gasteiger partial charge in [0.1, 0.15) is 5.60 Å². The molecule has 2 rings (SSSR count). The van der Waals surface area contributed by atoms with E-state index in [0.29, 0.717) is 0 Å². The summed E-state index contributed by atoms with van der Waals surface area (Å²) in [6.07, 6.45) is 9.00. The lowest BCUT2D eigenvalue weighted by Gasteiger charge is -2.21. The van der Waals surface area contributed by atoms with E-state index >= 15 is 0 Å². The third-order valence-electron chi connectivity index (χ3n) is 2.14. The highest BCUT2D eigenvalue weighted by molar-refractivity contribution is 6.00. The van der Waals surface area contributed by atoms with Gasteiger partial charge in [-0.25, -0.2) is 0 Å². The average molecular weight is 150 g/mol. The Labute approximate surface area is 65.5 Å². The van der Waals surface area contributed by atoms with Crippen molar-refractivity contribution in [3.8, 4) is 0 Å². The summed E-state index contributed by atoms with van der Waals surface area (Å²) in [4.78, 5) is 10.8. The molecule has 2 heteroatoms. The van der Waals surface area contributed by atoms with Crippen molar-refractivity contribution >= 4 is 5.78 Å². The van der Waals surface area contributed by atoms with E-state index in [0.717, 1.165) is 19.4 Å². The van der Waals surface area contributed by atoms with Gasteiger partial charge in [0.15, 0.2) is 5.78 Å². The van der Waals surface area contributed by atoms with Gasteiger partial charge in [-0.05, 0) is 37.1 Å². The minimum absolute atomic E-state index is 0.0612. The van der Waals surface area contributed by atoms with Gasteiger partial charge in [0, 0.05) is 6.61 Å². The van der Waals surface area contributed by atoms with Crippen molar-refractivity contribution in [3.05, 3.63) is 24.3 Å². The molecule has 1 heterocycles. The van der Waals surface area contributed by atoms with Crippen molar-refractivity contribution in [3.63, 3.8) is 0 Å². The summed E-state index contributed by atoms with van der Waals surface area (Å²) in [7, 11) is 0. The highest BCUT2D eigenvalue weighted by Crippen LogP contribution is 2.30. The first kappa shape index (κ1) is 6.80. The van der Waals surface area contributed by atoms with Crippen molar-refractivity contribution in [1.29, 1.82) is 0 Å². The third-order valence-corrected chi connectivity index (χ3v) is 2.14. The Hall–Kier alpha value is -0.890. The first-order valence-electron chi connectivity index (χ1n) is 3.87. The van der Waals surface area contributed by atoms with Crippen LogP contribution in [0.4, 0.5) is 0 Å². The fourth-order valence-corrected chi connectivity index (χ4v) is 1.50. The summed E-state index contributed by atoms with van der Waals surface area (Å²) in [6.45, 7) is 0.808. The van der Waals surface area contributed by atoms with E-state index in [1.807, 2.05) is 12.2 Å². The van der Waals surface area contributed by atoms with Crippen molar-refractivity contribution in [2.75, 3.05) is 6.61 Å². The van der Waals surface area contributed by atoms with Crippen LogP contribution in [0.25, 0.3) is 0 Å². The molecule has 0 N–H and O–H groups in total. The van der Waals surface area contributed by atoms with Crippen LogP contribution in [0.15, 0.2) is 24.3 Å². The van der Waals surface area contributed by atoms with Gasteiger partial charge < -0.3 is 4.74 Å².